The highest BCUT2D eigenvalue weighted by Gasteiger charge is 2.20. The number of aromatic nitrogens is 3. The smallest absolute Gasteiger partial charge is 0.237 e. The van der Waals surface area contributed by atoms with Gasteiger partial charge >= 0.3 is 0 Å². The molecule has 1 unspecified atom stereocenters. The number of rotatable bonds is 5. The van der Waals surface area contributed by atoms with Crippen molar-refractivity contribution in [1.82, 2.24) is 14.9 Å². The molecule has 146 valence electrons. The SMILES string of the molecule is CC(Sc1nnc(-c2ccc(F)cc2)n1N)C(=O)Nc1cccc2ccccc12. The molecule has 0 saturated carbocycles. The van der Waals surface area contributed by atoms with Crippen LogP contribution >= 0.6 is 11.8 Å². The molecule has 0 fully saturated rings. The Bertz CT molecular complexity index is 1170. The average Bonchev–Trinajstić information content (AvgIpc) is 3.09. The van der Waals surface area contributed by atoms with Crippen molar-refractivity contribution in [2.45, 2.75) is 17.3 Å². The molecule has 0 spiro atoms. The Hall–Kier alpha value is -3.39. The summed E-state index contributed by atoms with van der Waals surface area (Å²) in [5.74, 6) is 5.98. The Kier molecular flexibility index (Phi) is 5.18. The summed E-state index contributed by atoms with van der Waals surface area (Å²) in [5.41, 5.74) is 1.39. The quantitative estimate of drug-likeness (QED) is 0.385. The van der Waals surface area contributed by atoms with E-state index in [1.165, 1.54) is 28.6 Å². The van der Waals surface area contributed by atoms with Gasteiger partial charge in [-0.25, -0.2) is 9.07 Å². The van der Waals surface area contributed by atoms with Crippen molar-refractivity contribution in [3.63, 3.8) is 0 Å². The van der Waals surface area contributed by atoms with E-state index in [2.05, 4.69) is 15.5 Å². The Balaban J connectivity index is 1.50. The monoisotopic (exact) mass is 407 g/mol. The van der Waals surface area contributed by atoms with E-state index in [0.29, 0.717) is 16.5 Å². The molecule has 1 atom stereocenters. The molecule has 8 heteroatoms. The number of hydrogen-bond donors (Lipinski definition) is 2. The van der Waals surface area contributed by atoms with Crippen molar-refractivity contribution < 1.29 is 9.18 Å². The first-order valence-corrected chi connectivity index (χ1v) is 9.82. The molecule has 6 nitrogen and oxygen atoms in total. The van der Waals surface area contributed by atoms with E-state index in [4.69, 9.17) is 5.84 Å². The van der Waals surface area contributed by atoms with Crippen LogP contribution in [0.5, 0.6) is 0 Å². The number of nitrogens with two attached hydrogens (primary N) is 1. The molecule has 1 heterocycles. The highest BCUT2D eigenvalue weighted by atomic mass is 32.2. The number of nitrogens with zero attached hydrogens (tertiary/aromatic N) is 3. The van der Waals surface area contributed by atoms with Gasteiger partial charge in [-0.1, -0.05) is 48.2 Å². The zero-order chi connectivity index (χ0) is 20.4. The lowest BCUT2D eigenvalue weighted by Gasteiger charge is -2.13. The number of thioether (sulfide) groups is 1. The Morgan fingerprint density at radius 2 is 1.79 bits per heavy atom. The minimum Gasteiger partial charge on any atom is -0.335 e. The first-order valence-electron chi connectivity index (χ1n) is 8.94. The molecule has 0 radical (unpaired) electrons. The summed E-state index contributed by atoms with van der Waals surface area (Å²) in [6.45, 7) is 1.78. The molecule has 1 amide bonds. The van der Waals surface area contributed by atoms with Gasteiger partial charge in [-0.15, -0.1) is 10.2 Å². The molecule has 0 bridgehead atoms. The van der Waals surface area contributed by atoms with Crippen molar-refractivity contribution >= 4 is 34.1 Å². The lowest BCUT2D eigenvalue weighted by atomic mass is 10.1. The molecular weight excluding hydrogens is 389 g/mol. The van der Waals surface area contributed by atoms with Gasteiger partial charge in [0, 0.05) is 16.6 Å². The van der Waals surface area contributed by atoms with Gasteiger partial charge in [0.1, 0.15) is 5.82 Å². The Labute approximate surface area is 170 Å². The van der Waals surface area contributed by atoms with Crippen LogP contribution in [0.1, 0.15) is 6.92 Å². The number of amides is 1. The van der Waals surface area contributed by atoms with Crippen molar-refractivity contribution in [1.29, 1.82) is 0 Å². The minimum atomic E-state index is -0.457. The first kappa shape index (κ1) is 18.9. The fourth-order valence-electron chi connectivity index (χ4n) is 2.93. The summed E-state index contributed by atoms with van der Waals surface area (Å²) in [5, 5.41) is 13.1. The van der Waals surface area contributed by atoms with Crippen LogP contribution in [0, 0.1) is 5.82 Å². The normalized spacial score (nSPS) is 12.1. The van der Waals surface area contributed by atoms with E-state index in [0.717, 1.165) is 16.5 Å². The second-order valence-corrected chi connectivity index (χ2v) is 7.77. The van der Waals surface area contributed by atoms with Crippen LogP contribution in [0.2, 0.25) is 0 Å². The van der Waals surface area contributed by atoms with E-state index in [9.17, 15) is 9.18 Å². The van der Waals surface area contributed by atoms with Gasteiger partial charge in [0.25, 0.3) is 0 Å². The van der Waals surface area contributed by atoms with E-state index in [1.54, 1.807) is 19.1 Å². The Morgan fingerprint density at radius 1 is 1.07 bits per heavy atom. The molecule has 0 saturated heterocycles. The standard InChI is InChI=1S/C21H18FN5OS/c1-13(20(28)24-18-8-4-6-14-5-2-3-7-17(14)18)29-21-26-25-19(27(21)23)15-9-11-16(22)12-10-15/h2-13H,23H2,1H3,(H,24,28). The number of anilines is 1. The van der Waals surface area contributed by atoms with Crippen molar-refractivity contribution in [2.24, 2.45) is 0 Å². The number of nitrogens with one attached hydrogen (secondary N) is 1. The predicted molar refractivity (Wildman–Crippen MR) is 113 cm³/mol. The molecule has 29 heavy (non-hydrogen) atoms. The molecular formula is C21H18FN5OS. The van der Waals surface area contributed by atoms with Crippen LogP contribution in [-0.2, 0) is 4.79 Å². The first-order chi connectivity index (χ1) is 14.0. The fraction of sp³-hybridized carbons (Fsp3) is 0.0952. The van der Waals surface area contributed by atoms with Crippen LogP contribution in [0.25, 0.3) is 22.2 Å². The third kappa shape index (κ3) is 3.93. The van der Waals surface area contributed by atoms with Crippen molar-refractivity contribution in [3.05, 3.63) is 72.5 Å². The maximum atomic E-state index is 13.1. The molecule has 4 aromatic rings. The van der Waals surface area contributed by atoms with Gasteiger partial charge in [0.05, 0.1) is 5.25 Å². The van der Waals surface area contributed by atoms with Gasteiger partial charge in [0.2, 0.25) is 11.1 Å². The lowest BCUT2D eigenvalue weighted by molar-refractivity contribution is -0.115. The summed E-state index contributed by atoms with van der Waals surface area (Å²) in [6.07, 6.45) is 0. The third-order valence-electron chi connectivity index (χ3n) is 4.47. The number of hydrogen-bond acceptors (Lipinski definition) is 5. The van der Waals surface area contributed by atoms with Gasteiger partial charge in [0.15, 0.2) is 5.82 Å². The van der Waals surface area contributed by atoms with E-state index in [-0.39, 0.29) is 11.7 Å². The zero-order valence-electron chi connectivity index (χ0n) is 15.5. The number of nitrogen functional groups attached to an aromatic ring is 1. The number of benzene rings is 3. The van der Waals surface area contributed by atoms with Crippen LogP contribution in [-0.4, -0.2) is 26.0 Å². The van der Waals surface area contributed by atoms with Gasteiger partial charge < -0.3 is 11.2 Å². The molecule has 0 aliphatic heterocycles. The second-order valence-electron chi connectivity index (χ2n) is 6.46. The summed E-state index contributed by atoms with van der Waals surface area (Å²) in [7, 11) is 0. The zero-order valence-corrected chi connectivity index (χ0v) is 16.4. The molecule has 0 aliphatic rings. The summed E-state index contributed by atoms with van der Waals surface area (Å²) >= 11 is 1.20. The second kappa shape index (κ2) is 7.92. The highest BCUT2D eigenvalue weighted by molar-refractivity contribution is 8.00. The van der Waals surface area contributed by atoms with E-state index >= 15 is 0 Å². The van der Waals surface area contributed by atoms with E-state index < -0.39 is 5.25 Å². The molecule has 3 N–H and O–H groups in total. The van der Waals surface area contributed by atoms with Crippen molar-refractivity contribution in [3.8, 4) is 11.4 Å². The topological polar surface area (TPSA) is 85.8 Å². The summed E-state index contributed by atoms with van der Waals surface area (Å²) < 4.78 is 14.4. The maximum Gasteiger partial charge on any atom is 0.237 e. The average molecular weight is 407 g/mol. The van der Waals surface area contributed by atoms with Crippen LogP contribution < -0.4 is 11.2 Å². The fourth-order valence-corrected chi connectivity index (χ4v) is 3.70. The van der Waals surface area contributed by atoms with Crippen LogP contribution in [0.4, 0.5) is 10.1 Å². The number of carbonyl (C=O) groups is 1. The minimum absolute atomic E-state index is 0.169. The maximum absolute atomic E-state index is 13.1. The van der Waals surface area contributed by atoms with Gasteiger partial charge in [-0.2, -0.15) is 0 Å². The number of carbonyl (C=O) groups excluding carboxylic acids is 1. The summed E-state index contributed by atoms with van der Waals surface area (Å²) in [4.78, 5) is 12.7. The molecule has 3 aromatic carbocycles. The molecule has 0 aliphatic carbocycles. The lowest BCUT2D eigenvalue weighted by Crippen LogP contribution is -2.23. The van der Waals surface area contributed by atoms with E-state index in [1.807, 2.05) is 42.5 Å². The molecule has 1 aromatic heterocycles. The van der Waals surface area contributed by atoms with Crippen LogP contribution in [0.3, 0.4) is 0 Å². The highest BCUT2D eigenvalue weighted by Crippen LogP contribution is 2.27. The number of fused-ring (bicyclic) bond motifs is 1. The predicted octanol–water partition coefficient (Wildman–Crippen LogP) is 4.07. The third-order valence-corrected chi connectivity index (χ3v) is 5.52. The van der Waals surface area contributed by atoms with Gasteiger partial charge in [-0.05, 0) is 42.6 Å². The van der Waals surface area contributed by atoms with Crippen molar-refractivity contribution in [2.75, 3.05) is 11.2 Å². The summed E-state index contributed by atoms with van der Waals surface area (Å²) in [6, 6.07) is 19.4. The van der Waals surface area contributed by atoms with Crippen LogP contribution in [0.15, 0.2) is 71.9 Å². The van der Waals surface area contributed by atoms with Gasteiger partial charge in [-0.3, -0.25) is 4.79 Å². The largest absolute Gasteiger partial charge is 0.335 e. The Morgan fingerprint density at radius 3 is 2.59 bits per heavy atom. The number of halogens is 1. The molecule has 4 rings (SSSR count).